The van der Waals surface area contributed by atoms with E-state index in [0.717, 1.165) is 18.4 Å². The van der Waals surface area contributed by atoms with Crippen molar-refractivity contribution in [3.63, 3.8) is 0 Å². The summed E-state index contributed by atoms with van der Waals surface area (Å²) in [6.45, 7) is 8.01. The van der Waals surface area contributed by atoms with Crippen molar-refractivity contribution in [2.75, 3.05) is 6.54 Å². The fourth-order valence-electron chi connectivity index (χ4n) is 2.82. The third-order valence-corrected chi connectivity index (χ3v) is 4.62. The summed E-state index contributed by atoms with van der Waals surface area (Å²) in [4.78, 5) is 1.45. The van der Waals surface area contributed by atoms with E-state index in [4.69, 9.17) is 0 Å². The first kappa shape index (κ1) is 12.8. The first-order chi connectivity index (χ1) is 8.15. The summed E-state index contributed by atoms with van der Waals surface area (Å²) in [6, 6.07) is 4.85. The number of hydrogen-bond donors (Lipinski definition) is 1. The standard InChI is InChI=1S/C15H23NS/c1-11-7-12(2)9-14(8-11)10-16-13(3)15-5-4-6-17-15/h4-7,11,13-14,16H,8-10H2,1-3H3/t11?,13-,14?/m0/s1. The minimum atomic E-state index is 0.497. The number of allylic oxidation sites excluding steroid dienone is 2. The summed E-state index contributed by atoms with van der Waals surface area (Å²) in [5, 5.41) is 5.83. The van der Waals surface area contributed by atoms with Crippen LogP contribution in [0.3, 0.4) is 0 Å². The lowest BCUT2D eigenvalue weighted by Crippen LogP contribution is -2.28. The van der Waals surface area contributed by atoms with Gasteiger partial charge in [0.05, 0.1) is 0 Å². The number of rotatable bonds is 4. The van der Waals surface area contributed by atoms with Gasteiger partial charge in [-0.3, -0.25) is 0 Å². The van der Waals surface area contributed by atoms with E-state index in [2.05, 4.69) is 49.7 Å². The Kier molecular flexibility index (Phi) is 4.41. The van der Waals surface area contributed by atoms with E-state index < -0.39 is 0 Å². The molecule has 2 heteroatoms. The van der Waals surface area contributed by atoms with Gasteiger partial charge in [0.25, 0.3) is 0 Å². The molecule has 0 amide bonds. The predicted octanol–water partition coefficient (Wildman–Crippen LogP) is 4.39. The maximum atomic E-state index is 3.68. The first-order valence-corrected chi connectivity index (χ1v) is 7.47. The van der Waals surface area contributed by atoms with Crippen LogP contribution in [0.15, 0.2) is 29.2 Å². The van der Waals surface area contributed by atoms with Crippen LogP contribution in [0.1, 0.15) is 44.5 Å². The third kappa shape index (κ3) is 3.68. The zero-order valence-corrected chi connectivity index (χ0v) is 11.9. The molecule has 0 aromatic carbocycles. The van der Waals surface area contributed by atoms with Gasteiger partial charge in [0.15, 0.2) is 0 Å². The zero-order valence-electron chi connectivity index (χ0n) is 11.1. The minimum absolute atomic E-state index is 0.497. The molecule has 3 atom stereocenters. The lowest BCUT2D eigenvalue weighted by Gasteiger charge is -2.27. The average molecular weight is 249 g/mol. The number of nitrogens with one attached hydrogen (secondary N) is 1. The molecule has 0 spiro atoms. The van der Waals surface area contributed by atoms with Crippen molar-refractivity contribution in [3.8, 4) is 0 Å². The van der Waals surface area contributed by atoms with Gasteiger partial charge in [-0.15, -0.1) is 11.3 Å². The highest BCUT2D eigenvalue weighted by atomic mass is 32.1. The topological polar surface area (TPSA) is 12.0 Å². The Morgan fingerprint density at radius 2 is 2.35 bits per heavy atom. The molecule has 1 heterocycles. The van der Waals surface area contributed by atoms with Gasteiger partial charge in [0.2, 0.25) is 0 Å². The Hall–Kier alpha value is -0.600. The van der Waals surface area contributed by atoms with Crippen LogP contribution in [0, 0.1) is 11.8 Å². The van der Waals surface area contributed by atoms with Crippen molar-refractivity contribution in [3.05, 3.63) is 34.0 Å². The van der Waals surface area contributed by atoms with Gasteiger partial charge in [-0.05, 0) is 56.5 Å². The maximum absolute atomic E-state index is 3.68. The molecule has 1 aromatic heterocycles. The normalized spacial score (nSPS) is 26.6. The first-order valence-electron chi connectivity index (χ1n) is 6.59. The summed E-state index contributed by atoms with van der Waals surface area (Å²) in [6.07, 6.45) is 5.04. The molecular formula is C15H23NS. The van der Waals surface area contributed by atoms with Crippen LogP contribution in [0.25, 0.3) is 0 Å². The van der Waals surface area contributed by atoms with E-state index in [1.54, 1.807) is 5.57 Å². The second kappa shape index (κ2) is 5.83. The van der Waals surface area contributed by atoms with Crippen LogP contribution in [-0.2, 0) is 0 Å². The van der Waals surface area contributed by atoms with Gasteiger partial charge in [-0.2, -0.15) is 0 Å². The van der Waals surface area contributed by atoms with Crippen LogP contribution >= 0.6 is 11.3 Å². The molecule has 17 heavy (non-hydrogen) atoms. The lowest BCUT2D eigenvalue weighted by atomic mass is 9.83. The lowest BCUT2D eigenvalue weighted by molar-refractivity contribution is 0.368. The molecule has 1 nitrogen and oxygen atoms in total. The molecule has 0 radical (unpaired) electrons. The SMILES string of the molecule is CC1=CC(C)CC(CN[C@@H](C)c2cccs2)C1. The molecular weight excluding hydrogens is 226 g/mol. The van der Waals surface area contributed by atoms with Crippen molar-refractivity contribution >= 4 is 11.3 Å². The van der Waals surface area contributed by atoms with Gasteiger partial charge in [-0.1, -0.05) is 24.6 Å². The average Bonchev–Trinajstić information content (AvgIpc) is 2.78. The van der Waals surface area contributed by atoms with E-state index in [-0.39, 0.29) is 0 Å². The molecule has 2 unspecified atom stereocenters. The van der Waals surface area contributed by atoms with E-state index in [1.807, 2.05) is 11.3 Å². The smallest absolute Gasteiger partial charge is 0.0386 e. The molecule has 1 aliphatic carbocycles. The summed E-state index contributed by atoms with van der Waals surface area (Å²) >= 11 is 1.84. The van der Waals surface area contributed by atoms with Gasteiger partial charge in [0, 0.05) is 10.9 Å². The Morgan fingerprint density at radius 3 is 3.00 bits per heavy atom. The molecule has 2 rings (SSSR count). The number of thiophene rings is 1. The fraction of sp³-hybridized carbons (Fsp3) is 0.600. The number of hydrogen-bond acceptors (Lipinski definition) is 2. The van der Waals surface area contributed by atoms with E-state index in [9.17, 15) is 0 Å². The largest absolute Gasteiger partial charge is 0.309 e. The molecule has 94 valence electrons. The van der Waals surface area contributed by atoms with Crippen molar-refractivity contribution in [1.29, 1.82) is 0 Å². The highest BCUT2D eigenvalue weighted by Crippen LogP contribution is 2.28. The third-order valence-electron chi connectivity index (χ3n) is 3.57. The highest BCUT2D eigenvalue weighted by molar-refractivity contribution is 7.10. The van der Waals surface area contributed by atoms with E-state index >= 15 is 0 Å². The predicted molar refractivity (Wildman–Crippen MR) is 76.4 cm³/mol. The molecule has 0 saturated heterocycles. The Labute approximate surface area is 109 Å². The zero-order chi connectivity index (χ0) is 12.3. The molecule has 1 aromatic rings. The molecule has 0 aliphatic heterocycles. The Balaban J connectivity index is 1.81. The van der Waals surface area contributed by atoms with Gasteiger partial charge < -0.3 is 5.32 Å². The Bertz CT molecular complexity index is 366. The van der Waals surface area contributed by atoms with Crippen molar-refractivity contribution in [2.45, 2.75) is 39.7 Å². The fourth-order valence-corrected chi connectivity index (χ4v) is 3.58. The second-order valence-corrected chi connectivity index (χ2v) is 6.42. The summed E-state index contributed by atoms with van der Waals surface area (Å²) < 4.78 is 0. The summed E-state index contributed by atoms with van der Waals surface area (Å²) in [7, 11) is 0. The van der Waals surface area contributed by atoms with Crippen molar-refractivity contribution in [2.24, 2.45) is 11.8 Å². The molecule has 1 N–H and O–H groups in total. The Morgan fingerprint density at radius 1 is 1.53 bits per heavy atom. The second-order valence-electron chi connectivity index (χ2n) is 5.44. The van der Waals surface area contributed by atoms with E-state index in [1.165, 1.54) is 17.7 Å². The van der Waals surface area contributed by atoms with Crippen molar-refractivity contribution < 1.29 is 0 Å². The molecule has 1 aliphatic rings. The van der Waals surface area contributed by atoms with Gasteiger partial charge in [0.1, 0.15) is 0 Å². The van der Waals surface area contributed by atoms with Crippen LogP contribution in [0.4, 0.5) is 0 Å². The van der Waals surface area contributed by atoms with Crippen LogP contribution in [0.5, 0.6) is 0 Å². The molecule has 0 bridgehead atoms. The van der Waals surface area contributed by atoms with Crippen LogP contribution < -0.4 is 5.32 Å². The van der Waals surface area contributed by atoms with Crippen molar-refractivity contribution in [1.82, 2.24) is 5.32 Å². The van der Waals surface area contributed by atoms with Gasteiger partial charge >= 0.3 is 0 Å². The van der Waals surface area contributed by atoms with Crippen LogP contribution in [-0.4, -0.2) is 6.54 Å². The minimum Gasteiger partial charge on any atom is -0.309 e. The van der Waals surface area contributed by atoms with E-state index in [0.29, 0.717) is 6.04 Å². The molecule has 0 fully saturated rings. The van der Waals surface area contributed by atoms with Gasteiger partial charge in [-0.25, -0.2) is 0 Å². The van der Waals surface area contributed by atoms with Crippen LogP contribution in [0.2, 0.25) is 0 Å². The maximum Gasteiger partial charge on any atom is 0.0386 e. The molecule has 0 saturated carbocycles. The quantitative estimate of drug-likeness (QED) is 0.780. The highest BCUT2D eigenvalue weighted by Gasteiger charge is 2.18. The summed E-state index contributed by atoms with van der Waals surface area (Å²) in [5.41, 5.74) is 1.57. The summed E-state index contributed by atoms with van der Waals surface area (Å²) in [5.74, 6) is 1.57. The monoisotopic (exact) mass is 249 g/mol.